The normalized spacial score (nSPS) is 24.0. The number of fused-ring (bicyclic) bond motifs is 1. The number of furan rings is 1. The summed E-state index contributed by atoms with van der Waals surface area (Å²) in [6.45, 7) is 3.70. The van der Waals surface area contributed by atoms with Gasteiger partial charge in [-0.1, -0.05) is 25.1 Å². The van der Waals surface area contributed by atoms with Gasteiger partial charge in [0.1, 0.15) is 11.5 Å². The van der Waals surface area contributed by atoms with Gasteiger partial charge >= 0.3 is 0 Å². The van der Waals surface area contributed by atoms with Gasteiger partial charge in [-0.25, -0.2) is 0 Å². The molecule has 140 valence electrons. The molecule has 0 bridgehead atoms. The Hall–Kier alpha value is -1.70. The van der Waals surface area contributed by atoms with E-state index >= 15 is 0 Å². The molecule has 0 radical (unpaired) electrons. The van der Waals surface area contributed by atoms with Crippen molar-refractivity contribution >= 4 is 29.9 Å². The van der Waals surface area contributed by atoms with Gasteiger partial charge in [-0.3, -0.25) is 4.99 Å². The van der Waals surface area contributed by atoms with E-state index < -0.39 is 0 Å². The second kappa shape index (κ2) is 8.79. The summed E-state index contributed by atoms with van der Waals surface area (Å²) in [6.07, 6.45) is 4.67. The van der Waals surface area contributed by atoms with Crippen LogP contribution >= 0.6 is 24.0 Å². The summed E-state index contributed by atoms with van der Waals surface area (Å²) >= 11 is 0. The average molecular weight is 467 g/mol. The fraction of sp³-hybridized carbons (Fsp3) is 0.450. The molecule has 0 spiro atoms. The van der Waals surface area contributed by atoms with E-state index in [1.165, 1.54) is 12.0 Å². The number of guanidine groups is 1. The smallest absolute Gasteiger partial charge is 0.191 e. The highest BCUT2D eigenvalue weighted by Gasteiger charge is 2.34. The number of halogens is 1. The molecule has 2 heterocycles. The maximum Gasteiger partial charge on any atom is 0.191 e. The predicted octanol–water partition coefficient (Wildman–Crippen LogP) is 3.91. The maximum atomic E-state index is 5.76. The van der Waals surface area contributed by atoms with Gasteiger partial charge in [-0.15, -0.1) is 24.0 Å². The van der Waals surface area contributed by atoms with E-state index in [0.29, 0.717) is 12.6 Å². The van der Waals surface area contributed by atoms with Crippen molar-refractivity contribution < 1.29 is 9.15 Å². The van der Waals surface area contributed by atoms with Gasteiger partial charge in [0.25, 0.3) is 0 Å². The Morgan fingerprint density at radius 3 is 2.81 bits per heavy atom. The largest absolute Gasteiger partial charge is 0.493 e. The van der Waals surface area contributed by atoms with Crippen LogP contribution in [0.4, 0.5) is 0 Å². The topological polar surface area (TPSA) is 58.8 Å². The van der Waals surface area contributed by atoms with Gasteiger partial charge in [0.2, 0.25) is 0 Å². The third kappa shape index (κ3) is 4.72. The summed E-state index contributed by atoms with van der Waals surface area (Å²) < 4.78 is 11.2. The van der Waals surface area contributed by atoms with E-state index in [1.54, 1.807) is 6.26 Å². The number of rotatable bonds is 5. The van der Waals surface area contributed by atoms with Crippen molar-refractivity contribution in [2.45, 2.75) is 38.3 Å². The number of para-hydroxylation sites is 1. The molecule has 1 fully saturated rings. The molecule has 4 rings (SSSR count). The van der Waals surface area contributed by atoms with E-state index in [1.807, 2.05) is 24.3 Å². The number of hydrogen-bond acceptors (Lipinski definition) is 3. The average Bonchev–Trinajstić information content (AvgIpc) is 3.09. The maximum absolute atomic E-state index is 5.76. The SMILES string of the molecule is CC1CC1NC(=NCCc1ccco1)NC1CCOc2ccccc21.I. The van der Waals surface area contributed by atoms with Crippen molar-refractivity contribution in [2.24, 2.45) is 10.9 Å². The third-order valence-electron chi connectivity index (χ3n) is 4.91. The Morgan fingerprint density at radius 1 is 1.19 bits per heavy atom. The van der Waals surface area contributed by atoms with Crippen LogP contribution in [0.5, 0.6) is 5.75 Å². The molecular formula is C20H26IN3O2. The van der Waals surface area contributed by atoms with Crippen LogP contribution in [0, 0.1) is 5.92 Å². The number of benzene rings is 1. The summed E-state index contributed by atoms with van der Waals surface area (Å²) in [5.74, 6) is 3.56. The van der Waals surface area contributed by atoms with Crippen molar-refractivity contribution in [1.29, 1.82) is 0 Å². The molecule has 0 saturated heterocycles. The molecule has 3 atom stereocenters. The van der Waals surface area contributed by atoms with Crippen molar-refractivity contribution in [3.05, 3.63) is 54.0 Å². The van der Waals surface area contributed by atoms with E-state index in [4.69, 9.17) is 14.1 Å². The molecule has 1 aliphatic carbocycles. The molecule has 6 heteroatoms. The van der Waals surface area contributed by atoms with Gasteiger partial charge in [0.05, 0.1) is 18.9 Å². The van der Waals surface area contributed by atoms with Gasteiger partial charge in [-0.05, 0) is 30.5 Å². The Labute approximate surface area is 171 Å². The molecule has 2 aromatic rings. The minimum Gasteiger partial charge on any atom is -0.493 e. The minimum absolute atomic E-state index is 0. The van der Waals surface area contributed by atoms with Crippen LogP contribution in [0.15, 0.2) is 52.1 Å². The van der Waals surface area contributed by atoms with Gasteiger partial charge in [0, 0.05) is 31.0 Å². The molecule has 1 aromatic heterocycles. The molecule has 5 nitrogen and oxygen atoms in total. The number of hydrogen-bond donors (Lipinski definition) is 2. The van der Waals surface area contributed by atoms with Crippen molar-refractivity contribution in [3.8, 4) is 5.75 Å². The fourth-order valence-corrected chi connectivity index (χ4v) is 3.22. The summed E-state index contributed by atoms with van der Waals surface area (Å²) in [6, 6.07) is 12.9. The van der Waals surface area contributed by atoms with Crippen LogP contribution in [0.2, 0.25) is 0 Å². The zero-order chi connectivity index (χ0) is 17.1. The first-order chi connectivity index (χ1) is 12.3. The molecule has 2 N–H and O–H groups in total. The highest BCUT2D eigenvalue weighted by Crippen LogP contribution is 2.32. The molecule has 1 saturated carbocycles. The van der Waals surface area contributed by atoms with E-state index in [2.05, 4.69) is 29.7 Å². The van der Waals surface area contributed by atoms with Crippen LogP contribution in [-0.2, 0) is 6.42 Å². The first-order valence-corrected chi connectivity index (χ1v) is 9.11. The van der Waals surface area contributed by atoms with Crippen LogP contribution < -0.4 is 15.4 Å². The number of aliphatic imine (C=N–C) groups is 1. The Morgan fingerprint density at radius 2 is 2.04 bits per heavy atom. The molecular weight excluding hydrogens is 441 g/mol. The Kier molecular flexibility index (Phi) is 6.45. The monoisotopic (exact) mass is 467 g/mol. The lowest BCUT2D eigenvalue weighted by Gasteiger charge is -2.28. The van der Waals surface area contributed by atoms with Crippen molar-refractivity contribution in [1.82, 2.24) is 10.6 Å². The molecule has 3 unspecified atom stereocenters. The molecule has 0 amide bonds. The molecule has 2 aliphatic rings. The second-order valence-electron chi connectivity index (χ2n) is 6.90. The molecule has 1 aliphatic heterocycles. The van der Waals surface area contributed by atoms with Gasteiger partial charge < -0.3 is 19.8 Å². The van der Waals surface area contributed by atoms with Crippen molar-refractivity contribution in [3.63, 3.8) is 0 Å². The number of nitrogens with one attached hydrogen (secondary N) is 2. The highest BCUT2D eigenvalue weighted by atomic mass is 127. The second-order valence-corrected chi connectivity index (χ2v) is 6.90. The third-order valence-corrected chi connectivity index (χ3v) is 4.91. The standard InChI is InChI=1S/C20H25N3O2.HI/c1-14-13-18(14)23-20(21-10-8-15-5-4-11-24-15)22-17-9-12-25-19-7-3-2-6-16(17)19;/h2-7,11,14,17-18H,8-10,12-13H2,1H3,(H2,21,22,23);1H. The Balaban J connectivity index is 0.00000196. The van der Waals surface area contributed by atoms with Crippen LogP contribution in [0.3, 0.4) is 0 Å². The Bertz CT molecular complexity index is 732. The summed E-state index contributed by atoms with van der Waals surface area (Å²) in [5, 5.41) is 7.18. The fourth-order valence-electron chi connectivity index (χ4n) is 3.22. The lowest BCUT2D eigenvalue weighted by molar-refractivity contribution is 0.261. The first-order valence-electron chi connectivity index (χ1n) is 9.11. The summed E-state index contributed by atoms with van der Waals surface area (Å²) in [4.78, 5) is 4.77. The minimum atomic E-state index is 0. The summed E-state index contributed by atoms with van der Waals surface area (Å²) in [7, 11) is 0. The van der Waals surface area contributed by atoms with Crippen LogP contribution in [0.1, 0.15) is 37.1 Å². The first kappa shape index (κ1) is 19.1. The number of nitrogens with zero attached hydrogens (tertiary/aromatic N) is 1. The van der Waals surface area contributed by atoms with Crippen molar-refractivity contribution in [2.75, 3.05) is 13.2 Å². The zero-order valence-electron chi connectivity index (χ0n) is 15.0. The van der Waals surface area contributed by atoms with Crippen LogP contribution in [-0.4, -0.2) is 25.2 Å². The number of ether oxygens (including phenoxy) is 1. The molecule has 26 heavy (non-hydrogen) atoms. The van der Waals surface area contributed by atoms with Gasteiger partial charge in [0.15, 0.2) is 5.96 Å². The lowest BCUT2D eigenvalue weighted by Crippen LogP contribution is -2.42. The highest BCUT2D eigenvalue weighted by molar-refractivity contribution is 14.0. The van der Waals surface area contributed by atoms with E-state index in [0.717, 1.165) is 42.8 Å². The lowest BCUT2D eigenvalue weighted by atomic mass is 10.0. The van der Waals surface area contributed by atoms with Crippen LogP contribution in [0.25, 0.3) is 0 Å². The predicted molar refractivity (Wildman–Crippen MR) is 113 cm³/mol. The molecule has 1 aromatic carbocycles. The van der Waals surface area contributed by atoms with Gasteiger partial charge in [-0.2, -0.15) is 0 Å². The quantitative estimate of drug-likeness (QED) is 0.398. The van der Waals surface area contributed by atoms with E-state index in [9.17, 15) is 0 Å². The van der Waals surface area contributed by atoms with E-state index in [-0.39, 0.29) is 30.0 Å². The summed E-state index contributed by atoms with van der Waals surface area (Å²) in [5.41, 5.74) is 1.21. The zero-order valence-corrected chi connectivity index (χ0v) is 17.3.